The Bertz CT molecular complexity index is 1540. The molecule has 3 aliphatic rings. The number of rotatable bonds is 7. The van der Waals surface area contributed by atoms with Crippen molar-refractivity contribution in [3.8, 4) is 11.5 Å². The topological polar surface area (TPSA) is 79.3 Å². The first-order valence-electron chi connectivity index (χ1n) is 15.5. The van der Waals surface area contributed by atoms with Gasteiger partial charge in [-0.2, -0.15) is 0 Å². The number of nitrogens with zero attached hydrogens (tertiary/aromatic N) is 2. The Hall–Kier alpha value is -3.55. The Labute approximate surface area is 264 Å². The molecule has 2 fully saturated rings. The molecule has 3 unspecified atom stereocenters. The highest BCUT2D eigenvalue weighted by molar-refractivity contribution is 6.30. The predicted octanol–water partition coefficient (Wildman–Crippen LogP) is 6.81. The zero-order chi connectivity index (χ0) is 31.3. The fourth-order valence-electron chi connectivity index (χ4n) is 7.67. The Balaban J connectivity index is 1.36. The van der Waals surface area contributed by atoms with Crippen LogP contribution in [0.25, 0.3) is 0 Å². The van der Waals surface area contributed by atoms with Gasteiger partial charge in [0.2, 0.25) is 11.8 Å². The van der Waals surface area contributed by atoms with Crippen LogP contribution < -0.4 is 14.4 Å². The van der Waals surface area contributed by atoms with Gasteiger partial charge in [0.15, 0.2) is 11.5 Å². The number of halogens is 1. The molecular formula is C36H41ClN2O5. The Morgan fingerprint density at radius 2 is 1.64 bits per heavy atom. The van der Waals surface area contributed by atoms with Crippen LogP contribution in [0.1, 0.15) is 81.7 Å². The van der Waals surface area contributed by atoms with E-state index in [-0.39, 0.29) is 42.3 Å². The van der Waals surface area contributed by atoms with Crippen LogP contribution in [0.15, 0.2) is 60.7 Å². The number of aliphatic hydroxyl groups is 1. The van der Waals surface area contributed by atoms with Crippen molar-refractivity contribution in [2.24, 2.45) is 5.92 Å². The van der Waals surface area contributed by atoms with Crippen molar-refractivity contribution >= 4 is 29.1 Å². The molecule has 232 valence electrons. The molecule has 7 nitrogen and oxygen atoms in total. The van der Waals surface area contributed by atoms with Gasteiger partial charge in [-0.1, -0.05) is 35.9 Å². The van der Waals surface area contributed by atoms with E-state index in [2.05, 4.69) is 0 Å². The van der Waals surface area contributed by atoms with Crippen LogP contribution in [0.4, 0.5) is 5.69 Å². The van der Waals surface area contributed by atoms with Gasteiger partial charge in [0.25, 0.3) is 0 Å². The number of amides is 2. The largest absolute Gasteiger partial charge is 0.493 e. The first-order valence-corrected chi connectivity index (χ1v) is 15.9. The summed E-state index contributed by atoms with van der Waals surface area (Å²) < 4.78 is 11.8. The molecule has 1 N–H and O–H groups in total. The van der Waals surface area contributed by atoms with Gasteiger partial charge in [-0.05, 0) is 111 Å². The Morgan fingerprint density at radius 3 is 2.20 bits per heavy atom. The normalized spacial score (nSPS) is 24.2. The molecule has 2 bridgehead atoms. The summed E-state index contributed by atoms with van der Waals surface area (Å²) in [6.45, 7) is 7.48. The number of anilines is 1. The lowest BCUT2D eigenvalue weighted by Gasteiger charge is -2.44. The molecule has 3 aliphatic heterocycles. The molecule has 0 saturated carbocycles. The molecule has 0 radical (unpaired) electrons. The van der Waals surface area contributed by atoms with Crippen molar-refractivity contribution in [2.75, 3.05) is 12.0 Å². The summed E-state index contributed by atoms with van der Waals surface area (Å²) in [5.41, 5.74) is 3.28. The first-order chi connectivity index (χ1) is 21.0. The lowest BCUT2D eigenvalue weighted by molar-refractivity contribution is -0.137. The summed E-state index contributed by atoms with van der Waals surface area (Å²) in [7, 11) is 1.61. The van der Waals surface area contributed by atoms with Gasteiger partial charge < -0.3 is 24.4 Å². The maximum absolute atomic E-state index is 13.9. The maximum Gasteiger partial charge on any atom is 0.232 e. The molecule has 8 heteroatoms. The summed E-state index contributed by atoms with van der Waals surface area (Å²) >= 11 is 6.26. The van der Waals surface area contributed by atoms with E-state index in [1.807, 2.05) is 91.2 Å². The second kappa shape index (κ2) is 11.8. The van der Waals surface area contributed by atoms with Gasteiger partial charge in [-0.15, -0.1) is 0 Å². The van der Waals surface area contributed by atoms with Gasteiger partial charge >= 0.3 is 0 Å². The number of carbonyl (C=O) groups is 2. The fourth-order valence-corrected chi connectivity index (χ4v) is 7.80. The summed E-state index contributed by atoms with van der Waals surface area (Å²) in [6.07, 6.45) is 3.73. The van der Waals surface area contributed by atoms with Crippen molar-refractivity contribution < 1.29 is 24.2 Å². The summed E-state index contributed by atoms with van der Waals surface area (Å²) in [5.74, 6) is 1.36. The third-order valence-corrected chi connectivity index (χ3v) is 10.0. The summed E-state index contributed by atoms with van der Waals surface area (Å²) in [5, 5.41) is 12.5. The van der Waals surface area contributed by atoms with E-state index in [1.165, 1.54) is 0 Å². The van der Waals surface area contributed by atoms with E-state index in [0.29, 0.717) is 16.5 Å². The van der Waals surface area contributed by atoms with Crippen molar-refractivity contribution in [3.05, 3.63) is 87.9 Å². The van der Waals surface area contributed by atoms with E-state index < -0.39 is 11.6 Å². The Morgan fingerprint density at radius 1 is 1.00 bits per heavy atom. The molecule has 2 saturated heterocycles. The van der Waals surface area contributed by atoms with Gasteiger partial charge in [-0.25, -0.2) is 0 Å². The van der Waals surface area contributed by atoms with Crippen LogP contribution in [0.3, 0.4) is 0 Å². The minimum absolute atomic E-state index is 0.0373. The quantitative estimate of drug-likeness (QED) is 0.315. The maximum atomic E-state index is 13.9. The molecule has 0 aromatic heterocycles. The number of piperidine rings is 1. The molecule has 0 spiro atoms. The predicted molar refractivity (Wildman–Crippen MR) is 171 cm³/mol. The van der Waals surface area contributed by atoms with Crippen molar-refractivity contribution in [1.82, 2.24) is 4.90 Å². The van der Waals surface area contributed by atoms with Crippen molar-refractivity contribution in [3.63, 3.8) is 0 Å². The Kier molecular flexibility index (Phi) is 8.14. The molecule has 3 aromatic rings. The van der Waals surface area contributed by atoms with E-state index in [1.54, 1.807) is 14.0 Å². The first kappa shape index (κ1) is 30.5. The van der Waals surface area contributed by atoms with Crippen LogP contribution in [0, 0.1) is 5.92 Å². The van der Waals surface area contributed by atoms with Crippen molar-refractivity contribution in [2.45, 2.75) is 89.6 Å². The average molecular weight is 617 g/mol. The van der Waals surface area contributed by atoms with E-state index in [9.17, 15) is 14.7 Å². The molecule has 4 atom stereocenters. The van der Waals surface area contributed by atoms with Crippen LogP contribution in [0.2, 0.25) is 5.02 Å². The minimum atomic E-state index is -1.06. The highest BCUT2D eigenvalue weighted by Gasteiger charge is 2.48. The summed E-state index contributed by atoms with van der Waals surface area (Å²) in [4.78, 5) is 30.0. The number of hydrogen-bond donors (Lipinski definition) is 1. The van der Waals surface area contributed by atoms with E-state index >= 15 is 0 Å². The van der Waals surface area contributed by atoms with Gasteiger partial charge in [0.1, 0.15) is 0 Å². The molecule has 2 amide bonds. The third-order valence-electron chi connectivity index (χ3n) is 9.76. The molecule has 6 rings (SSSR count). The van der Waals surface area contributed by atoms with Gasteiger partial charge in [0, 0.05) is 29.7 Å². The molecule has 3 aromatic carbocycles. The molecule has 0 aliphatic carbocycles. The highest BCUT2D eigenvalue weighted by Crippen LogP contribution is 2.47. The monoisotopic (exact) mass is 616 g/mol. The molecular weight excluding hydrogens is 576 g/mol. The lowest BCUT2D eigenvalue weighted by Crippen LogP contribution is -2.49. The number of hydrogen-bond acceptors (Lipinski definition) is 5. The van der Waals surface area contributed by atoms with Crippen molar-refractivity contribution in [1.29, 1.82) is 0 Å². The zero-order valence-electron chi connectivity index (χ0n) is 26.0. The smallest absolute Gasteiger partial charge is 0.232 e. The van der Waals surface area contributed by atoms with Crippen LogP contribution in [0.5, 0.6) is 11.5 Å². The number of fused-ring (bicyclic) bond motifs is 3. The average Bonchev–Trinajstić information content (AvgIpc) is 3.26. The second-order valence-electron chi connectivity index (χ2n) is 12.9. The third kappa shape index (κ3) is 5.45. The highest BCUT2D eigenvalue weighted by atomic mass is 35.5. The summed E-state index contributed by atoms with van der Waals surface area (Å²) in [6, 6.07) is 19.2. The lowest BCUT2D eigenvalue weighted by atomic mass is 9.75. The van der Waals surface area contributed by atoms with E-state index in [0.717, 1.165) is 53.6 Å². The van der Waals surface area contributed by atoms with Crippen LogP contribution in [-0.4, -0.2) is 47.1 Å². The zero-order valence-corrected chi connectivity index (χ0v) is 26.8. The minimum Gasteiger partial charge on any atom is -0.493 e. The second-order valence-corrected chi connectivity index (χ2v) is 13.4. The molecule has 44 heavy (non-hydrogen) atoms. The standard InChI is InChI=1S/C36H41ClN2O5/c1-21(2)44-33-20-31-24(16-32(33)43-5)17-34(41)39(35(31)23-6-10-27(37)11-7-23)28-12-8-25(9-13-28)36(4,42)26-18-29-14-15-30(19-26)38(29)22(3)40/h6-13,16,20-21,26,29-30,35,42H,14-15,17-19H2,1-5H3/t26?,29?,30?,35-,36?/m0/s1. The van der Waals surface area contributed by atoms with E-state index in [4.69, 9.17) is 21.1 Å². The van der Waals surface area contributed by atoms with Crippen LogP contribution >= 0.6 is 11.6 Å². The van der Waals surface area contributed by atoms with Gasteiger partial charge in [-0.3, -0.25) is 9.59 Å². The SMILES string of the molecule is COc1cc2c(cc1OC(C)C)[C@H](c1ccc(Cl)cc1)N(c1ccc(C(C)(O)C3CC4CCC(C3)N4C(C)=O)cc1)C(=O)C2. The fraction of sp³-hybridized carbons (Fsp3) is 0.444. The van der Waals surface area contributed by atoms with Crippen LogP contribution in [-0.2, 0) is 21.6 Å². The number of ether oxygens (including phenoxy) is 2. The number of carbonyl (C=O) groups excluding carboxylic acids is 2. The number of methoxy groups -OCH3 is 1. The number of benzene rings is 3. The molecule has 3 heterocycles. The van der Waals surface area contributed by atoms with Gasteiger partial charge in [0.05, 0.1) is 31.3 Å².